The molecule has 41 heavy (non-hydrogen) atoms. The molecule has 0 amide bonds. The van der Waals surface area contributed by atoms with E-state index in [1.807, 2.05) is 24.3 Å². The van der Waals surface area contributed by atoms with Crippen LogP contribution in [0.1, 0.15) is 126 Å². The van der Waals surface area contributed by atoms with Crippen LogP contribution in [0.25, 0.3) is 10.8 Å². The number of benzene rings is 2. The first-order valence-corrected chi connectivity index (χ1v) is 16.4. The average molecular weight is 574 g/mol. The number of unbranched alkanes of at least 4 members (excludes halogenated alkanes) is 15. The van der Waals surface area contributed by atoms with Crippen molar-refractivity contribution in [1.29, 1.82) is 0 Å². The van der Waals surface area contributed by atoms with E-state index in [1.165, 1.54) is 96.3 Å². The Balaban J connectivity index is 0.000000528. The Bertz CT molecular complexity index is 900. The summed E-state index contributed by atoms with van der Waals surface area (Å²) >= 11 is 0. The molecule has 2 aromatic carbocycles. The number of aliphatic hydroxyl groups excluding tert-OH is 3. The van der Waals surface area contributed by atoms with Crippen molar-refractivity contribution in [3.63, 3.8) is 0 Å². The van der Waals surface area contributed by atoms with E-state index in [0.29, 0.717) is 17.4 Å². The highest BCUT2D eigenvalue weighted by atomic mass is 16.4. The molecule has 0 saturated carbocycles. The van der Waals surface area contributed by atoms with Gasteiger partial charge in [-0.2, -0.15) is 0 Å². The Labute approximate surface area is 250 Å². The van der Waals surface area contributed by atoms with Gasteiger partial charge in [0.2, 0.25) is 0 Å². The number of nitrogens with zero attached hydrogens (tertiary/aromatic N) is 1. The fraction of sp³-hybridized carbons (Fsp3) is 0.686. The van der Waals surface area contributed by atoms with Crippen molar-refractivity contribution in [3.05, 3.63) is 48.0 Å². The third-order valence-electron chi connectivity index (χ3n) is 8.16. The number of aromatic carboxylic acids is 1. The SMILES string of the molecule is CCCCCCCCCCCCCCCCCC[N+](CO)(CCO)CCCO.O=C([O-])c1cccc2ccccc12. The fourth-order valence-electron chi connectivity index (χ4n) is 5.56. The van der Waals surface area contributed by atoms with Crippen molar-refractivity contribution >= 4 is 16.7 Å². The zero-order valence-electron chi connectivity index (χ0n) is 25.9. The lowest BCUT2D eigenvalue weighted by Crippen LogP contribution is -2.52. The van der Waals surface area contributed by atoms with E-state index in [9.17, 15) is 20.1 Å². The topological polar surface area (TPSA) is 101 Å². The highest BCUT2D eigenvalue weighted by Gasteiger charge is 2.24. The smallest absolute Gasteiger partial charge is 0.180 e. The molecule has 0 radical (unpaired) electrons. The Morgan fingerprint density at radius 1 is 0.610 bits per heavy atom. The van der Waals surface area contributed by atoms with Crippen molar-refractivity contribution in [1.82, 2.24) is 0 Å². The summed E-state index contributed by atoms with van der Waals surface area (Å²) in [5.41, 5.74) is 0.248. The van der Waals surface area contributed by atoms with Crippen LogP contribution in [-0.4, -0.2) is 65.4 Å². The standard InChI is InChI=1S/C24H52NO3.C11H8O2/c1-2-3-4-5-6-7-8-9-10-11-12-13-14-15-16-17-19-25(24-28,21-23-27)20-18-22-26;12-11(13)10-7-3-5-8-4-1-2-6-9(8)10/h26-28H,2-24H2,1H3;1-7H,(H,12,13)/q+1;/p-1. The zero-order valence-corrected chi connectivity index (χ0v) is 25.9. The van der Waals surface area contributed by atoms with Crippen LogP contribution in [0.5, 0.6) is 0 Å². The molecule has 2 aromatic rings. The molecule has 2 rings (SSSR count). The van der Waals surface area contributed by atoms with Crippen LogP contribution >= 0.6 is 0 Å². The van der Waals surface area contributed by atoms with Crippen molar-refractivity contribution < 1.29 is 29.7 Å². The maximum Gasteiger partial charge on any atom is 0.180 e. The molecule has 0 aliphatic rings. The summed E-state index contributed by atoms with van der Waals surface area (Å²) in [6.45, 7) is 4.87. The van der Waals surface area contributed by atoms with Crippen LogP contribution in [0.2, 0.25) is 0 Å². The Morgan fingerprint density at radius 3 is 1.59 bits per heavy atom. The minimum absolute atomic E-state index is 0.0688. The summed E-state index contributed by atoms with van der Waals surface area (Å²) in [6.07, 6.45) is 22.5. The molecule has 0 bridgehead atoms. The van der Waals surface area contributed by atoms with E-state index in [0.717, 1.165) is 30.3 Å². The van der Waals surface area contributed by atoms with Gasteiger partial charge in [-0.05, 0) is 23.6 Å². The molecular weight excluding hydrogens is 514 g/mol. The van der Waals surface area contributed by atoms with Gasteiger partial charge in [0.05, 0.1) is 25.7 Å². The summed E-state index contributed by atoms with van der Waals surface area (Å²) < 4.78 is 0.537. The van der Waals surface area contributed by atoms with Gasteiger partial charge in [-0.1, -0.05) is 139 Å². The molecule has 234 valence electrons. The molecule has 0 aliphatic heterocycles. The minimum Gasteiger partial charge on any atom is -0.545 e. The number of hydrogen-bond acceptors (Lipinski definition) is 5. The molecule has 1 atom stereocenters. The van der Waals surface area contributed by atoms with Gasteiger partial charge in [-0.25, -0.2) is 0 Å². The average Bonchev–Trinajstić information content (AvgIpc) is 2.99. The number of carbonyl (C=O) groups is 1. The number of carboxylic acids is 1. The zero-order chi connectivity index (χ0) is 30.0. The van der Waals surface area contributed by atoms with Crippen LogP contribution in [-0.2, 0) is 0 Å². The van der Waals surface area contributed by atoms with Gasteiger partial charge in [-0.3, -0.25) is 4.48 Å². The summed E-state index contributed by atoms with van der Waals surface area (Å²) in [4.78, 5) is 10.7. The van der Waals surface area contributed by atoms with Crippen LogP contribution < -0.4 is 5.11 Å². The lowest BCUT2D eigenvalue weighted by atomic mass is 10.0. The van der Waals surface area contributed by atoms with Crippen molar-refractivity contribution in [3.8, 4) is 0 Å². The molecule has 0 saturated heterocycles. The summed E-state index contributed by atoms with van der Waals surface area (Å²) in [7, 11) is 0. The predicted octanol–water partition coefficient (Wildman–Crippen LogP) is 6.59. The lowest BCUT2D eigenvalue weighted by molar-refractivity contribution is -0.945. The van der Waals surface area contributed by atoms with E-state index in [-0.39, 0.29) is 25.5 Å². The number of carbonyl (C=O) groups excluding carboxylic acids is 1. The fourth-order valence-corrected chi connectivity index (χ4v) is 5.56. The van der Waals surface area contributed by atoms with Gasteiger partial charge in [-0.15, -0.1) is 0 Å². The maximum absolute atomic E-state index is 10.7. The van der Waals surface area contributed by atoms with Gasteiger partial charge >= 0.3 is 0 Å². The predicted molar refractivity (Wildman–Crippen MR) is 169 cm³/mol. The van der Waals surface area contributed by atoms with E-state index in [4.69, 9.17) is 5.11 Å². The third kappa shape index (κ3) is 16.9. The Hall–Kier alpha value is -1.99. The van der Waals surface area contributed by atoms with Crippen molar-refractivity contribution in [2.75, 3.05) is 39.6 Å². The molecule has 0 fully saturated rings. The summed E-state index contributed by atoms with van der Waals surface area (Å²) in [5.74, 6) is -1.13. The molecule has 6 heteroatoms. The molecule has 0 aromatic heterocycles. The first-order chi connectivity index (χ1) is 20.0. The first-order valence-electron chi connectivity index (χ1n) is 16.4. The highest BCUT2D eigenvalue weighted by Crippen LogP contribution is 2.18. The first kappa shape index (κ1) is 37.0. The van der Waals surface area contributed by atoms with Crippen molar-refractivity contribution in [2.45, 2.75) is 116 Å². The number of hydrogen-bond donors (Lipinski definition) is 3. The minimum atomic E-state index is -1.13. The second-order valence-electron chi connectivity index (χ2n) is 11.6. The molecule has 0 spiro atoms. The van der Waals surface area contributed by atoms with Crippen LogP contribution in [0, 0.1) is 0 Å². The summed E-state index contributed by atoms with van der Waals surface area (Å²) in [5, 5.41) is 40.4. The molecule has 1 unspecified atom stereocenters. The Morgan fingerprint density at radius 2 is 1.10 bits per heavy atom. The van der Waals surface area contributed by atoms with E-state index in [1.54, 1.807) is 18.2 Å². The summed E-state index contributed by atoms with van der Waals surface area (Å²) in [6, 6.07) is 12.5. The molecule has 3 N–H and O–H groups in total. The second-order valence-corrected chi connectivity index (χ2v) is 11.6. The molecule has 0 heterocycles. The van der Waals surface area contributed by atoms with E-state index < -0.39 is 5.97 Å². The quantitative estimate of drug-likeness (QED) is 0.0747. The highest BCUT2D eigenvalue weighted by molar-refractivity contribution is 6.02. The third-order valence-corrected chi connectivity index (χ3v) is 8.16. The largest absolute Gasteiger partial charge is 0.545 e. The van der Waals surface area contributed by atoms with Gasteiger partial charge in [0.25, 0.3) is 0 Å². The van der Waals surface area contributed by atoms with Crippen LogP contribution in [0.15, 0.2) is 42.5 Å². The van der Waals surface area contributed by atoms with Gasteiger partial charge in [0.1, 0.15) is 6.54 Å². The number of quaternary nitrogens is 1. The van der Waals surface area contributed by atoms with Crippen molar-refractivity contribution in [2.24, 2.45) is 0 Å². The molecule has 0 aliphatic carbocycles. The molecule has 6 nitrogen and oxygen atoms in total. The number of aliphatic hydroxyl groups is 3. The lowest BCUT2D eigenvalue weighted by Gasteiger charge is -2.36. The van der Waals surface area contributed by atoms with Gasteiger partial charge < -0.3 is 25.2 Å². The number of fused-ring (bicyclic) bond motifs is 1. The second kappa shape index (κ2) is 24.6. The van der Waals surface area contributed by atoms with Crippen LogP contribution in [0.3, 0.4) is 0 Å². The normalized spacial score (nSPS) is 12.6. The monoisotopic (exact) mass is 573 g/mol. The molecular formula is C35H59NO5. The van der Waals surface area contributed by atoms with Crippen LogP contribution in [0.4, 0.5) is 0 Å². The van der Waals surface area contributed by atoms with E-state index >= 15 is 0 Å². The Kier molecular flexibility index (Phi) is 22.2. The number of carboxylic acid groups (broad SMARTS) is 1. The van der Waals surface area contributed by atoms with Gasteiger partial charge in [0, 0.05) is 18.6 Å². The van der Waals surface area contributed by atoms with E-state index in [2.05, 4.69) is 6.92 Å². The maximum atomic E-state index is 10.7. The number of rotatable bonds is 24. The van der Waals surface area contributed by atoms with Gasteiger partial charge in [0.15, 0.2) is 6.73 Å².